The van der Waals surface area contributed by atoms with Gasteiger partial charge in [0.25, 0.3) is 5.91 Å². The predicted octanol–water partition coefficient (Wildman–Crippen LogP) is 5.11. The minimum absolute atomic E-state index is 0. The Bertz CT molecular complexity index is 2140. The van der Waals surface area contributed by atoms with Crippen molar-refractivity contribution in [3.63, 3.8) is 0 Å². The Hall–Kier alpha value is -4.17. The number of nitrogens with one attached hydrogen (secondary N) is 2. The lowest BCUT2D eigenvalue weighted by Gasteiger charge is -2.44. The van der Waals surface area contributed by atoms with Gasteiger partial charge in [-0.05, 0) is 96.3 Å². The molecule has 1 aromatic heterocycles. The number of hydrogen-bond acceptors (Lipinski definition) is 10. The molecule has 2 N–H and O–H groups in total. The number of rotatable bonds is 10. The third kappa shape index (κ3) is 8.46. The quantitative estimate of drug-likeness (QED) is 0.207. The van der Waals surface area contributed by atoms with E-state index < -0.39 is 11.5 Å². The number of halogens is 2. The van der Waals surface area contributed by atoms with E-state index in [2.05, 4.69) is 50.3 Å². The number of carbonyl (C=O) groups excluding carboxylic acids is 4. The molecule has 7 rings (SSSR count). The molecule has 4 fully saturated rings. The fourth-order valence-corrected chi connectivity index (χ4v) is 9.98. The third-order valence-corrected chi connectivity index (χ3v) is 12.8. The van der Waals surface area contributed by atoms with Crippen molar-refractivity contribution in [2.45, 2.75) is 102 Å². The lowest BCUT2D eigenvalue weighted by atomic mass is 9.89. The smallest absolute Gasteiger partial charge is 0.258 e. The molecule has 0 spiro atoms. The van der Waals surface area contributed by atoms with E-state index in [1.165, 1.54) is 0 Å². The van der Waals surface area contributed by atoms with E-state index in [0.29, 0.717) is 40.8 Å². The van der Waals surface area contributed by atoms with E-state index >= 15 is 0 Å². The fraction of sp³-hybridized carbons (Fsp3) is 0.537. The van der Waals surface area contributed by atoms with E-state index in [1.807, 2.05) is 32.0 Å². The first-order chi connectivity index (χ1) is 27.2. The van der Waals surface area contributed by atoms with Crippen LogP contribution in [-0.4, -0.2) is 116 Å². The summed E-state index contributed by atoms with van der Waals surface area (Å²) in [6.45, 7) is 11.4. The molecule has 3 atom stereocenters. The van der Waals surface area contributed by atoms with Crippen LogP contribution in [0.15, 0.2) is 36.4 Å². The lowest BCUT2D eigenvalue weighted by Crippen LogP contribution is -2.58. The minimum atomic E-state index is -0.817. The number of thiocarbonyl (C=S) groups is 1. The molecule has 310 valence electrons. The van der Waals surface area contributed by atoms with Crippen LogP contribution in [0, 0.1) is 11.3 Å². The molecule has 0 radical (unpaired) electrons. The number of fused-ring (bicyclic) bond motifs is 1. The van der Waals surface area contributed by atoms with Crippen LogP contribution in [0.2, 0.25) is 5.02 Å². The molecule has 4 heterocycles. The summed E-state index contributed by atoms with van der Waals surface area (Å²) in [7, 11) is 1.80. The normalized spacial score (nSPS) is 25.4. The Balaban J connectivity index is 0.00000567. The van der Waals surface area contributed by atoms with Gasteiger partial charge in [0.2, 0.25) is 17.7 Å². The summed E-state index contributed by atoms with van der Waals surface area (Å²) in [4.78, 5) is 59.7. The Labute approximate surface area is 355 Å². The number of benzene rings is 2. The second-order valence-electron chi connectivity index (χ2n) is 16.3. The number of aryl methyl sites for hydroxylation is 1. The molecule has 1 saturated carbocycles. The zero-order valence-electron chi connectivity index (χ0n) is 33.5. The molecule has 1 unspecified atom stereocenters. The van der Waals surface area contributed by atoms with Gasteiger partial charge in [-0.25, -0.2) is 0 Å². The van der Waals surface area contributed by atoms with Crippen molar-refractivity contribution < 1.29 is 23.9 Å². The first kappa shape index (κ1) is 43.4. The van der Waals surface area contributed by atoms with E-state index in [-0.39, 0.29) is 78.3 Å². The minimum Gasteiger partial charge on any atom is -0.377 e. The van der Waals surface area contributed by atoms with Crippen LogP contribution < -0.4 is 15.5 Å². The van der Waals surface area contributed by atoms with E-state index in [0.717, 1.165) is 56.2 Å². The standard InChI is InChI=1S/C41H50ClN9O5S.ClH/c1-24-21-48(17-18-56-29-13-11-27(12-14-29)51-40(57)50(39(55)41(51,3)4)28-10-9-26(20-43)32(42)19-28)22-25(2)49(24)23-35(53)44-33-8-6-7-30-36(46-47(5)37(30)33)31-15-16-34(52)45-38(31)54;/h6-10,19,24-25,27,29,31H,11-18,21-23H2,1-5H3,(H,44,53)(H,45,52,54);1H/t24-,25+,27?,29?,31?;. The Morgan fingerprint density at radius 1 is 1.09 bits per heavy atom. The van der Waals surface area contributed by atoms with Gasteiger partial charge in [0.1, 0.15) is 11.6 Å². The molecular weight excluding hydrogens is 801 g/mol. The molecule has 17 heteroatoms. The molecule has 2 aromatic carbocycles. The predicted molar refractivity (Wildman–Crippen MR) is 228 cm³/mol. The number of piperazine rings is 1. The van der Waals surface area contributed by atoms with Gasteiger partial charge in [0.15, 0.2) is 5.11 Å². The van der Waals surface area contributed by atoms with Crippen molar-refractivity contribution in [2.24, 2.45) is 7.05 Å². The van der Waals surface area contributed by atoms with Gasteiger partial charge in [-0.15, -0.1) is 12.4 Å². The van der Waals surface area contributed by atoms with E-state index in [9.17, 15) is 24.4 Å². The van der Waals surface area contributed by atoms with Crippen molar-refractivity contribution in [3.8, 4) is 6.07 Å². The van der Waals surface area contributed by atoms with Crippen LogP contribution in [-0.2, 0) is 31.0 Å². The first-order valence-corrected chi connectivity index (χ1v) is 20.5. The SMILES string of the molecule is C[C@@H]1CN(CCOC2CCC(N3C(=S)N(c4ccc(C#N)c(Cl)c4)C(=O)C3(C)C)CC2)C[C@H](C)N1CC(=O)Nc1cccc2c(C3CCC(=O)NC3=O)nn(C)c12.Cl. The Morgan fingerprint density at radius 3 is 2.45 bits per heavy atom. The highest BCUT2D eigenvalue weighted by molar-refractivity contribution is 7.80. The molecule has 58 heavy (non-hydrogen) atoms. The molecule has 0 bridgehead atoms. The molecule has 3 aromatic rings. The summed E-state index contributed by atoms with van der Waals surface area (Å²) in [6.07, 6.45) is 4.26. The van der Waals surface area contributed by atoms with E-state index in [4.69, 9.17) is 28.6 Å². The van der Waals surface area contributed by atoms with Gasteiger partial charge in [-0.2, -0.15) is 10.4 Å². The van der Waals surface area contributed by atoms with E-state index in [1.54, 1.807) is 34.8 Å². The topological polar surface area (TPSA) is 156 Å². The van der Waals surface area contributed by atoms with Crippen LogP contribution >= 0.6 is 36.2 Å². The van der Waals surface area contributed by atoms with Crippen molar-refractivity contribution in [1.82, 2.24) is 29.8 Å². The number of piperidine rings is 1. The lowest BCUT2D eigenvalue weighted by molar-refractivity contribution is -0.134. The number of ether oxygens (including phenoxy) is 1. The maximum atomic E-state index is 13.6. The number of aromatic nitrogens is 2. The van der Waals surface area contributed by atoms with Gasteiger partial charge >= 0.3 is 0 Å². The summed E-state index contributed by atoms with van der Waals surface area (Å²) >= 11 is 12.2. The van der Waals surface area contributed by atoms with Crippen molar-refractivity contribution >= 4 is 87.2 Å². The summed E-state index contributed by atoms with van der Waals surface area (Å²) < 4.78 is 8.10. The number of amides is 4. The maximum absolute atomic E-state index is 13.6. The average molecular weight is 853 g/mol. The van der Waals surface area contributed by atoms with Gasteiger partial charge in [0, 0.05) is 56.6 Å². The largest absolute Gasteiger partial charge is 0.377 e. The number of hydrogen-bond donors (Lipinski definition) is 2. The third-order valence-electron chi connectivity index (χ3n) is 12.1. The number of nitrogens with zero attached hydrogens (tertiary/aromatic N) is 7. The first-order valence-electron chi connectivity index (χ1n) is 19.7. The number of para-hydroxylation sites is 1. The highest BCUT2D eigenvalue weighted by Gasteiger charge is 2.52. The fourth-order valence-electron chi connectivity index (χ4n) is 9.20. The summed E-state index contributed by atoms with van der Waals surface area (Å²) in [5.41, 5.74) is 2.07. The monoisotopic (exact) mass is 851 g/mol. The zero-order valence-corrected chi connectivity index (χ0v) is 35.9. The number of anilines is 2. The van der Waals surface area contributed by atoms with Crippen LogP contribution in [0.3, 0.4) is 0 Å². The van der Waals surface area contributed by atoms with Crippen LogP contribution in [0.4, 0.5) is 11.4 Å². The molecule has 3 aliphatic heterocycles. The number of carbonyl (C=O) groups is 4. The van der Waals surface area contributed by atoms with Gasteiger partial charge in [-0.1, -0.05) is 23.7 Å². The van der Waals surface area contributed by atoms with Crippen molar-refractivity contribution in [1.29, 1.82) is 5.26 Å². The number of nitriles is 1. The molecule has 3 saturated heterocycles. The van der Waals surface area contributed by atoms with Crippen molar-refractivity contribution in [2.75, 3.05) is 43.0 Å². The molecular formula is C41H51Cl2N9O5S. The summed E-state index contributed by atoms with van der Waals surface area (Å²) in [5, 5.41) is 21.0. The zero-order chi connectivity index (χ0) is 40.8. The molecule has 1 aliphatic carbocycles. The van der Waals surface area contributed by atoms with Gasteiger partial charge in [0.05, 0.1) is 58.3 Å². The van der Waals surface area contributed by atoms with Crippen LogP contribution in [0.25, 0.3) is 10.9 Å². The summed E-state index contributed by atoms with van der Waals surface area (Å²) in [5.74, 6) is -1.36. The molecule has 4 amide bonds. The highest BCUT2D eigenvalue weighted by Crippen LogP contribution is 2.39. The second kappa shape index (κ2) is 17.6. The van der Waals surface area contributed by atoms with Gasteiger partial charge < -0.3 is 15.0 Å². The second-order valence-corrected chi connectivity index (χ2v) is 17.1. The number of imide groups is 1. The van der Waals surface area contributed by atoms with Crippen LogP contribution in [0.1, 0.15) is 83.4 Å². The maximum Gasteiger partial charge on any atom is 0.258 e. The van der Waals surface area contributed by atoms with Gasteiger partial charge in [-0.3, -0.25) is 43.9 Å². The molecule has 14 nitrogen and oxygen atoms in total. The highest BCUT2D eigenvalue weighted by atomic mass is 35.5. The molecule has 4 aliphatic rings. The van der Waals surface area contributed by atoms with Crippen molar-refractivity contribution in [3.05, 3.63) is 52.7 Å². The van der Waals surface area contributed by atoms with Crippen LogP contribution in [0.5, 0.6) is 0 Å². The Kier molecular flexibility index (Phi) is 13.2. The summed E-state index contributed by atoms with van der Waals surface area (Å²) in [6, 6.07) is 13.0. The Morgan fingerprint density at radius 2 is 1.79 bits per heavy atom. The average Bonchev–Trinajstić information content (AvgIpc) is 3.58.